The summed E-state index contributed by atoms with van der Waals surface area (Å²) in [5, 5.41) is 12.7. The summed E-state index contributed by atoms with van der Waals surface area (Å²) >= 11 is 15.1. The molecule has 0 fully saturated rings. The smallest absolute Gasteiger partial charge is 0.191 e. The molecule has 0 saturated carbocycles. The Morgan fingerprint density at radius 3 is 2.77 bits per heavy atom. The van der Waals surface area contributed by atoms with Crippen LogP contribution in [0.15, 0.2) is 53.0 Å². The first kappa shape index (κ1) is 21.1. The van der Waals surface area contributed by atoms with Crippen molar-refractivity contribution in [2.45, 2.75) is 17.5 Å². The van der Waals surface area contributed by atoms with Gasteiger partial charge in [0.1, 0.15) is 23.2 Å². The molecule has 2 aromatic heterocycles. The lowest BCUT2D eigenvalue weighted by Crippen LogP contribution is -2.04. The fraction of sp³-hybridized carbons (Fsp3) is 0.150. The van der Waals surface area contributed by atoms with E-state index >= 15 is 0 Å². The third-order valence-corrected chi connectivity index (χ3v) is 6.79. The number of benzene rings is 2. The van der Waals surface area contributed by atoms with E-state index in [2.05, 4.69) is 15.2 Å². The predicted molar refractivity (Wildman–Crippen MR) is 119 cm³/mol. The molecule has 2 heterocycles. The van der Waals surface area contributed by atoms with Gasteiger partial charge in [-0.1, -0.05) is 53.2 Å². The third kappa shape index (κ3) is 4.78. The Bertz CT molecular complexity index is 1180. The average Bonchev–Trinajstić information content (AvgIpc) is 3.34. The summed E-state index contributed by atoms with van der Waals surface area (Å²) in [6, 6.07) is 11.9. The fourth-order valence-electron chi connectivity index (χ4n) is 2.58. The third-order valence-electron chi connectivity index (χ3n) is 4.19. The van der Waals surface area contributed by atoms with Crippen LogP contribution in [0.25, 0.3) is 10.6 Å². The zero-order valence-corrected chi connectivity index (χ0v) is 18.8. The molecule has 5 nitrogen and oxygen atoms in total. The Morgan fingerprint density at radius 1 is 1.13 bits per heavy atom. The first-order valence-corrected chi connectivity index (χ1v) is 11.4. The van der Waals surface area contributed by atoms with E-state index in [1.807, 2.05) is 41.3 Å². The molecule has 10 heteroatoms. The van der Waals surface area contributed by atoms with E-state index in [1.165, 1.54) is 30.0 Å². The van der Waals surface area contributed by atoms with Crippen LogP contribution in [-0.4, -0.2) is 19.7 Å². The van der Waals surface area contributed by atoms with Crippen molar-refractivity contribution in [3.8, 4) is 16.3 Å². The highest BCUT2D eigenvalue weighted by atomic mass is 35.5. The van der Waals surface area contributed by atoms with Gasteiger partial charge in [-0.15, -0.1) is 21.5 Å². The number of hydrogen-bond donors (Lipinski definition) is 0. The number of aromatic nitrogens is 4. The van der Waals surface area contributed by atoms with E-state index in [9.17, 15) is 4.39 Å². The minimum Gasteiger partial charge on any atom is -0.486 e. The van der Waals surface area contributed by atoms with Crippen molar-refractivity contribution in [2.24, 2.45) is 7.05 Å². The van der Waals surface area contributed by atoms with Gasteiger partial charge in [-0.3, -0.25) is 0 Å². The second kappa shape index (κ2) is 9.34. The number of nitrogens with zero attached hydrogens (tertiary/aromatic N) is 4. The Balaban J connectivity index is 1.38. The maximum absolute atomic E-state index is 13.2. The minimum absolute atomic E-state index is 0.0149. The maximum atomic E-state index is 13.2. The molecule has 0 aliphatic rings. The molecule has 154 valence electrons. The highest BCUT2D eigenvalue weighted by Crippen LogP contribution is 2.31. The predicted octanol–water partition coefficient (Wildman–Crippen LogP) is 6.26. The Labute approximate surface area is 190 Å². The van der Waals surface area contributed by atoms with Gasteiger partial charge in [-0.05, 0) is 18.2 Å². The molecule has 4 aromatic rings. The first-order chi connectivity index (χ1) is 14.5. The SMILES string of the molecule is Cn1c(COc2ccc(F)c(Cl)c2)nnc1SCc1csc(-c2ccccc2Cl)n1. The lowest BCUT2D eigenvalue weighted by molar-refractivity contribution is 0.290. The topological polar surface area (TPSA) is 52.8 Å². The molecule has 0 unspecified atom stereocenters. The van der Waals surface area contributed by atoms with Crippen molar-refractivity contribution in [2.75, 3.05) is 0 Å². The van der Waals surface area contributed by atoms with Crippen molar-refractivity contribution in [1.29, 1.82) is 0 Å². The van der Waals surface area contributed by atoms with E-state index in [0.29, 0.717) is 22.3 Å². The van der Waals surface area contributed by atoms with Crippen LogP contribution in [0.1, 0.15) is 11.5 Å². The number of thiazole rings is 1. The van der Waals surface area contributed by atoms with Gasteiger partial charge >= 0.3 is 0 Å². The van der Waals surface area contributed by atoms with Gasteiger partial charge in [-0.2, -0.15) is 0 Å². The van der Waals surface area contributed by atoms with Gasteiger partial charge in [0.15, 0.2) is 11.0 Å². The lowest BCUT2D eigenvalue weighted by Gasteiger charge is -2.07. The maximum Gasteiger partial charge on any atom is 0.191 e. The summed E-state index contributed by atoms with van der Waals surface area (Å²) in [6.45, 7) is 0.194. The zero-order valence-electron chi connectivity index (χ0n) is 15.7. The summed E-state index contributed by atoms with van der Waals surface area (Å²) in [7, 11) is 1.87. The number of ether oxygens (including phenoxy) is 1. The van der Waals surface area contributed by atoms with Gasteiger partial charge in [0.2, 0.25) is 0 Å². The van der Waals surface area contributed by atoms with Crippen LogP contribution in [0, 0.1) is 5.82 Å². The Hall–Kier alpha value is -2.13. The molecule has 0 radical (unpaired) electrons. The largest absolute Gasteiger partial charge is 0.486 e. The molecule has 0 bridgehead atoms. The summed E-state index contributed by atoms with van der Waals surface area (Å²) < 4.78 is 20.7. The van der Waals surface area contributed by atoms with Crippen LogP contribution in [-0.2, 0) is 19.4 Å². The van der Waals surface area contributed by atoms with E-state index in [0.717, 1.165) is 21.4 Å². The second-order valence-electron chi connectivity index (χ2n) is 6.23. The molecule has 0 spiro atoms. The van der Waals surface area contributed by atoms with E-state index < -0.39 is 5.82 Å². The normalized spacial score (nSPS) is 11.1. The van der Waals surface area contributed by atoms with Crippen molar-refractivity contribution in [1.82, 2.24) is 19.7 Å². The van der Waals surface area contributed by atoms with Crippen LogP contribution in [0.3, 0.4) is 0 Å². The molecule has 30 heavy (non-hydrogen) atoms. The monoisotopic (exact) mass is 480 g/mol. The van der Waals surface area contributed by atoms with Crippen LogP contribution in [0.5, 0.6) is 5.75 Å². The molecule has 0 amide bonds. The van der Waals surface area contributed by atoms with Crippen molar-refractivity contribution in [3.05, 3.63) is 75.2 Å². The number of thioether (sulfide) groups is 1. The summed E-state index contributed by atoms with van der Waals surface area (Å²) in [5.41, 5.74) is 1.88. The molecule has 2 aromatic carbocycles. The molecule has 0 N–H and O–H groups in total. The quantitative estimate of drug-likeness (QED) is 0.292. The number of halogens is 3. The summed E-state index contributed by atoms with van der Waals surface area (Å²) in [6.07, 6.45) is 0. The van der Waals surface area contributed by atoms with Crippen molar-refractivity contribution < 1.29 is 9.13 Å². The van der Waals surface area contributed by atoms with Gasteiger partial charge in [-0.25, -0.2) is 9.37 Å². The van der Waals surface area contributed by atoms with Crippen molar-refractivity contribution in [3.63, 3.8) is 0 Å². The minimum atomic E-state index is -0.485. The highest BCUT2D eigenvalue weighted by molar-refractivity contribution is 7.98. The molecular weight excluding hydrogens is 466 g/mol. The standard InChI is InChI=1S/C20H15Cl2FN4OS2/c1-27-18(9-28-13-6-7-17(23)16(22)8-13)25-26-20(27)30-11-12-10-29-19(24-12)14-4-2-3-5-15(14)21/h2-8,10H,9,11H2,1H3. The van der Waals surface area contributed by atoms with Crippen LogP contribution in [0.4, 0.5) is 4.39 Å². The van der Waals surface area contributed by atoms with Gasteiger partial charge in [0.05, 0.1) is 15.7 Å². The molecule has 4 rings (SSSR count). The average molecular weight is 481 g/mol. The highest BCUT2D eigenvalue weighted by Gasteiger charge is 2.13. The van der Waals surface area contributed by atoms with Gasteiger partial charge in [0.25, 0.3) is 0 Å². The van der Waals surface area contributed by atoms with E-state index in [-0.39, 0.29) is 11.6 Å². The Morgan fingerprint density at radius 2 is 1.97 bits per heavy atom. The van der Waals surface area contributed by atoms with Crippen LogP contribution < -0.4 is 4.74 Å². The lowest BCUT2D eigenvalue weighted by atomic mass is 10.2. The van der Waals surface area contributed by atoms with Crippen molar-refractivity contribution >= 4 is 46.3 Å². The van der Waals surface area contributed by atoms with Crippen LogP contribution in [0.2, 0.25) is 10.0 Å². The second-order valence-corrected chi connectivity index (χ2v) is 8.85. The van der Waals surface area contributed by atoms with E-state index in [4.69, 9.17) is 27.9 Å². The Kier molecular flexibility index (Phi) is 6.58. The summed E-state index contributed by atoms with van der Waals surface area (Å²) in [5.74, 6) is 1.28. The molecular formula is C20H15Cl2FN4OS2. The number of hydrogen-bond acceptors (Lipinski definition) is 6. The summed E-state index contributed by atoms with van der Waals surface area (Å²) in [4.78, 5) is 4.67. The van der Waals surface area contributed by atoms with Crippen LogP contribution >= 0.6 is 46.3 Å². The van der Waals surface area contributed by atoms with E-state index in [1.54, 1.807) is 11.3 Å². The molecule has 0 aliphatic heterocycles. The fourth-order valence-corrected chi connectivity index (χ4v) is 4.82. The van der Waals surface area contributed by atoms with Gasteiger partial charge in [0, 0.05) is 29.8 Å². The zero-order chi connectivity index (χ0) is 21.1. The number of rotatable bonds is 7. The molecule has 0 atom stereocenters. The first-order valence-electron chi connectivity index (χ1n) is 8.79. The molecule has 0 aliphatic carbocycles. The molecule has 0 saturated heterocycles. The van der Waals surface area contributed by atoms with Gasteiger partial charge < -0.3 is 9.30 Å².